The molecule has 0 fully saturated rings. The molecule has 0 aliphatic heterocycles. The van der Waals surface area contributed by atoms with Gasteiger partial charge in [0, 0.05) is 51.5 Å². The van der Waals surface area contributed by atoms with Crippen molar-refractivity contribution < 1.29 is 13.9 Å². The van der Waals surface area contributed by atoms with Gasteiger partial charge in [-0.3, -0.25) is 9.78 Å². The molecule has 0 saturated heterocycles. The normalized spacial score (nSPS) is 11.1. The third-order valence-electron chi connectivity index (χ3n) is 5.59. The van der Waals surface area contributed by atoms with Gasteiger partial charge in [-0.15, -0.1) is 0 Å². The van der Waals surface area contributed by atoms with Crippen molar-refractivity contribution in [3.63, 3.8) is 0 Å². The van der Waals surface area contributed by atoms with Crippen LogP contribution in [0.3, 0.4) is 0 Å². The first-order valence-corrected chi connectivity index (χ1v) is 10.7. The molecule has 33 heavy (non-hydrogen) atoms. The van der Waals surface area contributed by atoms with Crippen LogP contribution in [0.4, 0.5) is 10.1 Å². The molecule has 0 saturated carbocycles. The number of aromatic nitrogens is 2. The van der Waals surface area contributed by atoms with Crippen molar-refractivity contribution in [1.29, 1.82) is 0 Å². The van der Waals surface area contributed by atoms with E-state index < -0.39 is 0 Å². The van der Waals surface area contributed by atoms with Gasteiger partial charge >= 0.3 is 0 Å². The lowest BCUT2D eigenvalue weighted by atomic mass is 10.0. The van der Waals surface area contributed by atoms with E-state index in [0.717, 1.165) is 27.4 Å². The van der Waals surface area contributed by atoms with Gasteiger partial charge in [-0.05, 0) is 60.2 Å². The fraction of sp³-hybridized carbons (Fsp3) is 0.0769. The summed E-state index contributed by atoms with van der Waals surface area (Å²) in [7, 11) is 1.60. The summed E-state index contributed by atoms with van der Waals surface area (Å²) in [6.07, 6.45) is 3.24. The second kappa shape index (κ2) is 8.56. The summed E-state index contributed by atoms with van der Waals surface area (Å²) in [5.74, 6) is 0.0787. The van der Waals surface area contributed by atoms with Crippen molar-refractivity contribution in [2.45, 2.75) is 6.54 Å². The molecule has 0 spiro atoms. The molecular weight excluding hydrogens is 441 g/mol. The van der Waals surface area contributed by atoms with E-state index in [-0.39, 0.29) is 11.7 Å². The third-order valence-corrected chi connectivity index (χ3v) is 5.82. The summed E-state index contributed by atoms with van der Waals surface area (Å²) in [5, 5.41) is 5.06. The van der Waals surface area contributed by atoms with Gasteiger partial charge in [-0.2, -0.15) is 0 Å². The molecule has 2 heterocycles. The average molecular weight is 460 g/mol. The van der Waals surface area contributed by atoms with E-state index >= 15 is 0 Å². The first-order chi connectivity index (χ1) is 16.0. The Labute approximate surface area is 194 Å². The molecule has 5 rings (SSSR count). The zero-order valence-electron chi connectivity index (χ0n) is 17.7. The highest BCUT2D eigenvalue weighted by molar-refractivity contribution is 6.32. The molecule has 3 aromatic carbocycles. The number of carbonyl (C=O) groups is 1. The number of hydrogen-bond donors (Lipinski definition) is 1. The molecule has 0 atom stereocenters. The lowest BCUT2D eigenvalue weighted by molar-refractivity contribution is 0.102. The van der Waals surface area contributed by atoms with Crippen LogP contribution in [0.15, 0.2) is 79.1 Å². The van der Waals surface area contributed by atoms with Crippen molar-refractivity contribution in [3.05, 3.63) is 101 Å². The quantitative estimate of drug-likeness (QED) is 0.336. The summed E-state index contributed by atoms with van der Waals surface area (Å²) in [6, 6.07) is 18.9. The molecule has 0 bridgehead atoms. The van der Waals surface area contributed by atoms with Gasteiger partial charge < -0.3 is 14.6 Å². The van der Waals surface area contributed by atoms with Gasteiger partial charge in [0.1, 0.15) is 11.6 Å². The zero-order valence-corrected chi connectivity index (χ0v) is 18.4. The highest BCUT2D eigenvalue weighted by Crippen LogP contribution is 2.39. The largest absolute Gasteiger partial charge is 0.495 e. The number of pyridine rings is 1. The maximum absolute atomic E-state index is 13.5. The summed E-state index contributed by atoms with van der Waals surface area (Å²) >= 11 is 6.35. The van der Waals surface area contributed by atoms with Crippen molar-refractivity contribution >= 4 is 45.0 Å². The molecule has 0 radical (unpaired) electrons. The highest BCUT2D eigenvalue weighted by Gasteiger charge is 2.22. The summed E-state index contributed by atoms with van der Waals surface area (Å²) < 4.78 is 21.2. The number of nitrogens with one attached hydrogen (secondary N) is 1. The van der Waals surface area contributed by atoms with E-state index in [2.05, 4.69) is 14.9 Å². The van der Waals surface area contributed by atoms with E-state index in [9.17, 15) is 9.18 Å². The molecule has 0 aliphatic rings. The number of ether oxygens (including phenoxy) is 1. The van der Waals surface area contributed by atoms with Crippen molar-refractivity contribution in [3.8, 4) is 5.75 Å². The zero-order chi connectivity index (χ0) is 22.9. The van der Waals surface area contributed by atoms with Gasteiger partial charge in [0.2, 0.25) is 0 Å². The number of methoxy groups -OCH3 is 1. The van der Waals surface area contributed by atoms with Crippen LogP contribution >= 0.6 is 11.6 Å². The molecule has 2 aromatic heterocycles. The maximum Gasteiger partial charge on any atom is 0.256 e. The SMILES string of the molecule is COc1ccc(C(=O)Nc2ccncc2)c2c3cc(Cl)ccc3n(Cc3ccc(F)cc3)c12. The molecule has 7 heteroatoms. The first-order valence-electron chi connectivity index (χ1n) is 10.3. The fourth-order valence-electron chi connectivity index (χ4n) is 4.10. The van der Waals surface area contributed by atoms with Crippen LogP contribution in [0, 0.1) is 5.82 Å². The Kier molecular flexibility index (Phi) is 5.44. The second-order valence-electron chi connectivity index (χ2n) is 7.60. The van der Waals surface area contributed by atoms with Gasteiger partial charge in [-0.25, -0.2) is 4.39 Å². The van der Waals surface area contributed by atoms with Crippen LogP contribution in [-0.2, 0) is 6.54 Å². The number of carbonyl (C=O) groups excluding carboxylic acids is 1. The lowest BCUT2D eigenvalue weighted by Crippen LogP contribution is -2.12. The number of rotatable bonds is 5. The van der Waals surface area contributed by atoms with E-state index in [1.54, 1.807) is 55.9 Å². The molecule has 164 valence electrons. The number of anilines is 1. The minimum Gasteiger partial charge on any atom is -0.495 e. The van der Waals surface area contributed by atoms with Crippen LogP contribution in [0.2, 0.25) is 5.02 Å². The number of benzene rings is 3. The van der Waals surface area contributed by atoms with Crippen molar-refractivity contribution in [2.75, 3.05) is 12.4 Å². The Morgan fingerprint density at radius 3 is 2.55 bits per heavy atom. The molecule has 0 aliphatic carbocycles. The monoisotopic (exact) mass is 459 g/mol. The molecule has 0 unspecified atom stereocenters. The Morgan fingerprint density at radius 1 is 1.06 bits per heavy atom. The number of amides is 1. The van der Waals surface area contributed by atoms with E-state index in [4.69, 9.17) is 16.3 Å². The smallest absolute Gasteiger partial charge is 0.256 e. The molecule has 5 aromatic rings. The van der Waals surface area contributed by atoms with Gasteiger partial charge in [0.25, 0.3) is 5.91 Å². The van der Waals surface area contributed by atoms with E-state index in [1.807, 2.05) is 18.2 Å². The van der Waals surface area contributed by atoms with E-state index in [0.29, 0.717) is 28.6 Å². The van der Waals surface area contributed by atoms with Gasteiger partial charge in [0.05, 0.1) is 12.6 Å². The Bertz CT molecular complexity index is 1480. The molecular formula is C26H19ClFN3O2. The Hall–Kier alpha value is -3.90. The minimum absolute atomic E-state index is 0.255. The van der Waals surface area contributed by atoms with Crippen LogP contribution < -0.4 is 10.1 Å². The fourth-order valence-corrected chi connectivity index (χ4v) is 4.27. The van der Waals surface area contributed by atoms with Crippen LogP contribution in [-0.4, -0.2) is 22.6 Å². The van der Waals surface area contributed by atoms with Gasteiger partial charge in [0.15, 0.2) is 0 Å². The summed E-state index contributed by atoms with van der Waals surface area (Å²) in [5.41, 5.74) is 3.71. The van der Waals surface area contributed by atoms with Crippen LogP contribution in [0.5, 0.6) is 5.75 Å². The Balaban J connectivity index is 1.75. The Morgan fingerprint density at radius 2 is 1.82 bits per heavy atom. The molecule has 5 nitrogen and oxygen atoms in total. The predicted octanol–water partition coefficient (Wildman–Crippen LogP) is 6.29. The van der Waals surface area contributed by atoms with Crippen molar-refractivity contribution in [2.24, 2.45) is 0 Å². The van der Waals surface area contributed by atoms with Crippen LogP contribution in [0.1, 0.15) is 15.9 Å². The first kappa shape index (κ1) is 21.0. The number of fused-ring (bicyclic) bond motifs is 3. The molecule has 1 amide bonds. The number of hydrogen-bond acceptors (Lipinski definition) is 3. The topological polar surface area (TPSA) is 56.1 Å². The maximum atomic E-state index is 13.5. The number of halogens is 2. The minimum atomic E-state index is -0.291. The van der Waals surface area contributed by atoms with E-state index in [1.165, 1.54) is 12.1 Å². The van der Waals surface area contributed by atoms with Crippen LogP contribution in [0.25, 0.3) is 21.8 Å². The summed E-state index contributed by atoms with van der Waals surface area (Å²) in [4.78, 5) is 17.3. The lowest BCUT2D eigenvalue weighted by Gasteiger charge is -2.12. The standard InChI is InChI=1S/C26H19ClFN3O2/c1-33-23-9-7-20(26(32)30-19-10-12-29-13-11-19)24-21-14-17(27)4-8-22(21)31(25(23)24)15-16-2-5-18(28)6-3-16/h2-14H,15H2,1H3,(H,29,30,32). The second-order valence-corrected chi connectivity index (χ2v) is 8.04. The van der Waals surface area contributed by atoms with Crippen molar-refractivity contribution in [1.82, 2.24) is 9.55 Å². The predicted molar refractivity (Wildman–Crippen MR) is 129 cm³/mol. The number of nitrogens with zero attached hydrogens (tertiary/aromatic N) is 2. The average Bonchev–Trinajstić information content (AvgIpc) is 3.14. The summed E-state index contributed by atoms with van der Waals surface area (Å²) in [6.45, 7) is 0.466. The third kappa shape index (κ3) is 3.90. The molecule has 1 N–H and O–H groups in total. The van der Waals surface area contributed by atoms with Gasteiger partial charge in [-0.1, -0.05) is 23.7 Å². The highest BCUT2D eigenvalue weighted by atomic mass is 35.5.